The number of nitrogens with zero attached hydrogens (tertiary/aromatic N) is 1. The summed E-state index contributed by atoms with van der Waals surface area (Å²) >= 11 is 0. The number of rotatable bonds is 5. The number of carbonyl (C=O) groups excluding carboxylic acids is 2. The highest BCUT2D eigenvalue weighted by Crippen LogP contribution is 2.29. The van der Waals surface area contributed by atoms with Crippen LogP contribution in [-0.4, -0.2) is 48.9 Å². The number of hydrogen-bond donors (Lipinski definition) is 0. The summed E-state index contributed by atoms with van der Waals surface area (Å²) in [5.41, 5.74) is 0.504. The average molecular weight is 363 g/mol. The molecular formula is C20H29NO5. The molecule has 1 fully saturated rings. The fourth-order valence-electron chi connectivity index (χ4n) is 3.19. The van der Waals surface area contributed by atoms with E-state index in [9.17, 15) is 9.59 Å². The number of methoxy groups -OCH3 is 1. The first-order valence-corrected chi connectivity index (χ1v) is 9.02. The van der Waals surface area contributed by atoms with E-state index in [-0.39, 0.29) is 18.5 Å². The summed E-state index contributed by atoms with van der Waals surface area (Å²) in [4.78, 5) is 26.4. The Kier molecular flexibility index (Phi) is 6.51. The molecule has 0 saturated carbocycles. The van der Waals surface area contributed by atoms with Gasteiger partial charge in [0.05, 0.1) is 13.7 Å². The lowest BCUT2D eigenvalue weighted by Gasteiger charge is -2.27. The van der Waals surface area contributed by atoms with Gasteiger partial charge in [-0.3, -0.25) is 4.90 Å². The quantitative estimate of drug-likeness (QED) is 0.750. The largest absolute Gasteiger partial charge is 0.497 e. The monoisotopic (exact) mass is 363 g/mol. The molecule has 6 heteroatoms. The van der Waals surface area contributed by atoms with Crippen molar-refractivity contribution in [2.75, 3.05) is 20.3 Å². The highest BCUT2D eigenvalue weighted by Gasteiger charge is 2.42. The maximum Gasteiger partial charge on any atom is 0.411 e. The SMILES string of the molecule is CCOC(=O)[C@@H]1C[C@H](Cc2cccc(OC)c2)CN1C(=O)OC(C)(C)C. The first-order chi connectivity index (χ1) is 12.2. The van der Waals surface area contributed by atoms with Gasteiger partial charge in [-0.05, 0) is 64.2 Å². The van der Waals surface area contributed by atoms with Crippen LogP contribution in [0, 0.1) is 5.92 Å². The number of ether oxygens (including phenoxy) is 3. The summed E-state index contributed by atoms with van der Waals surface area (Å²) in [6, 6.07) is 7.25. The van der Waals surface area contributed by atoms with Crippen molar-refractivity contribution in [2.45, 2.75) is 52.2 Å². The molecule has 2 atom stereocenters. The predicted molar refractivity (Wildman–Crippen MR) is 98.2 cm³/mol. The molecule has 1 amide bonds. The van der Waals surface area contributed by atoms with Crippen LogP contribution >= 0.6 is 0 Å². The Bertz CT molecular complexity index is 637. The van der Waals surface area contributed by atoms with Crippen molar-refractivity contribution in [1.82, 2.24) is 4.90 Å². The molecular weight excluding hydrogens is 334 g/mol. The van der Waals surface area contributed by atoms with Gasteiger partial charge in [0.15, 0.2) is 0 Å². The molecule has 2 rings (SSSR count). The van der Waals surface area contributed by atoms with Crippen LogP contribution in [0.3, 0.4) is 0 Å². The van der Waals surface area contributed by atoms with Crippen LogP contribution in [-0.2, 0) is 20.7 Å². The van der Waals surface area contributed by atoms with Crippen LogP contribution in [0.2, 0.25) is 0 Å². The standard InChI is InChI=1S/C20H29NO5/c1-6-25-18(22)17-12-15(10-14-8-7-9-16(11-14)24-5)13-21(17)19(23)26-20(2,3)4/h7-9,11,15,17H,6,10,12-13H2,1-5H3/t15-,17-/m0/s1. The van der Waals surface area contributed by atoms with Crippen molar-refractivity contribution in [3.05, 3.63) is 29.8 Å². The van der Waals surface area contributed by atoms with Crippen LogP contribution in [0.4, 0.5) is 4.79 Å². The third-order valence-corrected chi connectivity index (χ3v) is 4.23. The molecule has 26 heavy (non-hydrogen) atoms. The Morgan fingerprint density at radius 3 is 2.62 bits per heavy atom. The van der Waals surface area contributed by atoms with E-state index in [1.165, 1.54) is 4.90 Å². The molecule has 0 bridgehead atoms. The van der Waals surface area contributed by atoms with E-state index in [1.807, 2.05) is 45.0 Å². The number of carbonyl (C=O) groups is 2. The topological polar surface area (TPSA) is 65.1 Å². The fraction of sp³-hybridized carbons (Fsp3) is 0.600. The first kappa shape index (κ1) is 20.1. The molecule has 6 nitrogen and oxygen atoms in total. The Morgan fingerprint density at radius 1 is 1.27 bits per heavy atom. The number of likely N-dealkylation sites (tertiary alicyclic amines) is 1. The molecule has 1 aromatic rings. The molecule has 0 unspecified atom stereocenters. The van der Waals surface area contributed by atoms with Crippen molar-refractivity contribution >= 4 is 12.1 Å². The lowest BCUT2D eigenvalue weighted by Crippen LogP contribution is -2.44. The molecule has 1 aromatic carbocycles. The average Bonchev–Trinajstić information content (AvgIpc) is 2.98. The summed E-state index contributed by atoms with van der Waals surface area (Å²) in [6.45, 7) is 7.96. The van der Waals surface area contributed by atoms with Gasteiger partial charge in [-0.25, -0.2) is 9.59 Å². The summed E-state index contributed by atoms with van der Waals surface area (Å²) in [5.74, 6) is 0.585. The second-order valence-electron chi connectivity index (χ2n) is 7.56. The molecule has 1 heterocycles. The predicted octanol–water partition coefficient (Wildman–Crippen LogP) is 3.43. The fourth-order valence-corrected chi connectivity index (χ4v) is 3.19. The number of hydrogen-bond acceptors (Lipinski definition) is 5. The number of benzene rings is 1. The highest BCUT2D eigenvalue weighted by molar-refractivity contribution is 5.82. The smallest absolute Gasteiger partial charge is 0.411 e. The van der Waals surface area contributed by atoms with Gasteiger partial charge >= 0.3 is 12.1 Å². The molecule has 0 N–H and O–H groups in total. The van der Waals surface area contributed by atoms with Crippen LogP contribution in [0.25, 0.3) is 0 Å². The van der Waals surface area contributed by atoms with Gasteiger partial charge in [-0.1, -0.05) is 12.1 Å². The van der Waals surface area contributed by atoms with Crippen molar-refractivity contribution in [3.63, 3.8) is 0 Å². The second kappa shape index (κ2) is 8.43. The lowest BCUT2D eigenvalue weighted by atomic mass is 9.96. The van der Waals surface area contributed by atoms with E-state index in [0.717, 1.165) is 17.7 Å². The second-order valence-corrected chi connectivity index (χ2v) is 7.56. The molecule has 1 aliphatic rings. The van der Waals surface area contributed by atoms with E-state index in [0.29, 0.717) is 13.0 Å². The third-order valence-electron chi connectivity index (χ3n) is 4.23. The van der Waals surface area contributed by atoms with Crippen molar-refractivity contribution in [2.24, 2.45) is 5.92 Å². The van der Waals surface area contributed by atoms with Gasteiger partial charge in [0.1, 0.15) is 17.4 Å². The zero-order valence-corrected chi connectivity index (χ0v) is 16.3. The minimum Gasteiger partial charge on any atom is -0.497 e. The van der Waals surface area contributed by atoms with Crippen molar-refractivity contribution in [1.29, 1.82) is 0 Å². The Labute approximate surface area is 155 Å². The van der Waals surface area contributed by atoms with Crippen LogP contribution in [0.15, 0.2) is 24.3 Å². The summed E-state index contributed by atoms with van der Waals surface area (Å²) < 4.78 is 15.9. The minimum atomic E-state index is -0.610. The molecule has 0 aliphatic carbocycles. The van der Waals surface area contributed by atoms with E-state index in [1.54, 1.807) is 14.0 Å². The number of esters is 1. The van der Waals surface area contributed by atoms with Gasteiger partial charge in [0.2, 0.25) is 0 Å². The van der Waals surface area contributed by atoms with Crippen molar-refractivity contribution in [3.8, 4) is 5.75 Å². The number of amides is 1. The van der Waals surface area contributed by atoms with Crippen LogP contribution in [0.1, 0.15) is 39.7 Å². The normalized spacial score (nSPS) is 20.0. The molecule has 1 saturated heterocycles. The minimum absolute atomic E-state index is 0.157. The van der Waals surface area contributed by atoms with E-state index in [4.69, 9.17) is 14.2 Å². The van der Waals surface area contributed by atoms with Gasteiger partial charge in [-0.15, -0.1) is 0 Å². The Morgan fingerprint density at radius 2 is 2.00 bits per heavy atom. The molecule has 144 valence electrons. The van der Waals surface area contributed by atoms with E-state index < -0.39 is 17.7 Å². The van der Waals surface area contributed by atoms with E-state index in [2.05, 4.69) is 0 Å². The van der Waals surface area contributed by atoms with Crippen LogP contribution in [0.5, 0.6) is 5.75 Å². The maximum absolute atomic E-state index is 12.6. The molecule has 0 radical (unpaired) electrons. The maximum atomic E-state index is 12.6. The Balaban J connectivity index is 2.12. The zero-order chi connectivity index (χ0) is 19.3. The summed E-state index contributed by atoms with van der Waals surface area (Å²) in [7, 11) is 1.63. The summed E-state index contributed by atoms with van der Waals surface area (Å²) in [5, 5.41) is 0. The van der Waals surface area contributed by atoms with Gasteiger partial charge in [0.25, 0.3) is 0 Å². The third kappa shape index (κ3) is 5.38. The summed E-state index contributed by atoms with van der Waals surface area (Å²) in [6.07, 6.45) is 0.852. The molecule has 1 aliphatic heterocycles. The van der Waals surface area contributed by atoms with Crippen LogP contribution < -0.4 is 4.74 Å². The van der Waals surface area contributed by atoms with E-state index >= 15 is 0 Å². The van der Waals surface area contributed by atoms with Gasteiger partial charge < -0.3 is 14.2 Å². The first-order valence-electron chi connectivity index (χ1n) is 9.02. The molecule has 0 spiro atoms. The zero-order valence-electron chi connectivity index (χ0n) is 16.3. The van der Waals surface area contributed by atoms with Gasteiger partial charge in [0, 0.05) is 6.54 Å². The van der Waals surface area contributed by atoms with Gasteiger partial charge in [-0.2, -0.15) is 0 Å². The Hall–Kier alpha value is -2.24. The highest BCUT2D eigenvalue weighted by atomic mass is 16.6. The molecule has 0 aromatic heterocycles. The van der Waals surface area contributed by atoms with Crippen molar-refractivity contribution < 1.29 is 23.8 Å². The lowest BCUT2D eigenvalue weighted by molar-refractivity contribution is -0.148.